The second-order valence-corrected chi connectivity index (χ2v) is 5.54. The highest BCUT2D eigenvalue weighted by atomic mass is 16.3. The fourth-order valence-electron chi connectivity index (χ4n) is 3.04. The Balaban J connectivity index is 2.11. The first-order chi connectivity index (χ1) is 9.69. The van der Waals surface area contributed by atoms with Gasteiger partial charge in [0.1, 0.15) is 6.07 Å². The van der Waals surface area contributed by atoms with Crippen LogP contribution in [0.15, 0.2) is 30.5 Å². The molecule has 3 rings (SSSR count). The highest BCUT2D eigenvalue weighted by Gasteiger charge is 2.24. The van der Waals surface area contributed by atoms with Gasteiger partial charge < -0.3 is 10.0 Å². The normalized spacial score (nSPS) is 22.8. The zero-order chi connectivity index (χ0) is 14.1. The number of hydrogen-bond donors (Lipinski definition) is 1. The molecule has 0 amide bonds. The van der Waals surface area contributed by atoms with E-state index >= 15 is 0 Å². The third-order valence-electron chi connectivity index (χ3n) is 3.85. The Hall–Kier alpha value is -2.12. The average molecular weight is 267 g/mol. The molecule has 1 N–H and O–H groups in total. The molecule has 1 aliphatic heterocycles. The predicted molar refractivity (Wildman–Crippen MR) is 78.5 cm³/mol. The Morgan fingerprint density at radius 2 is 2.20 bits per heavy atom. The van der Waals surface area contributed by atoms with E-state index in [1.165, 1.54) is 0 Å². The molecule has 2 atom stereocenters. The Morgan fingerprint density at radius 1 is 1.35 bits per heavy atom. The van der Waals surface area contributed by atoms with Crippen molar-refractivity contribution in [2.75, 3.05) is 18.0 Å². The Kier molecular flexibility index (Phi) is 3.29. The smallest absolute Gasteiger partial charge is 0.101 e. The van der Waals surface area contributed by atoms with Crippen LogP contribution in [0.5, 0.6) is 0 Å². The van der Waals surface area contributed by atoms with E-state index in [9.17, 15) is 10.4 Å². The summed E-state index contributed by atoms with van der Waals surface area (Å²) in [4.78, 5) is 6.53. The van der Waals surface area contributed by atoms with Gasteiger partial charge in [0.05, 0.1) is 17.2 Å². The van der Waals surface area contributed by atoms with Crippen molar-refractivity contribution >= 4 is 16.6 Å². The molecular weight excluding hydrogens is 250 g/mol. The van der Waals surface area contributed by atoms with Crippen LogP contribution >= 0.6 is 0 Å². The number of benzene rings is 1. The number of aliphatic hydroxyl groups is 1. The Labute approximate surface area is 118 Å². The summed E-state index contributed by atoms with van der Waals surface area (Å²) in [7, 11) is 0. The standard InChI is InChI=1S/C16H17N3O/c1-11-7-13(20)10-19(9-11)15-5-4-12(8-17)16-14(15)3-2-6-18-16/h2-6,11,13,20H,7,9-10H2,1H3/t11-,13+/m0/s1. The molecule has 2 heterocycles. The molecule has 20 heavy (non-hydrogen) atoms. The van der Waals surface area contributed by atoms with E-state index in [0.29, 0.717) is 18.0 Å². The van der Waals surface area contributed by atoms with E-state index in [2.05, 4.69) is 22.9 Å². The largest absolute Gasteiger partial charge is 0.391 e. The first kappa shape index (κ1) is 12.9. The van der Waals surface area contributed by atoms with Gasteiger partial charge in [-0.1, -0.05) is 6.92 Å². The van der Waals surface area contributed by atoms with Crippen LogP contribution < -0.4 is 4.90 Å². The van der Waals surface area contributed by atoms with Crippen molar-refractivity contribution in [2.45, 2.75) is 19.4 Å². The molecule has 4 heteroatoms. The minimum absolute atomic E-state index is 0.291. The summed E-state index contributed by atoms with van der Waals surface area (Å²) >= 11 is 0. The van der Waals surface area contributed by atoms with Crippen LogP contribution in [-0.4, -0.2) is 29.3 Å². The van der Waals surface area contributed by atoms with E-state index < -0.39 is 0 Å². The lowest BCUT2D eigenvalue weighted by molar-refractivity contribution is 0.132. The summed E-state index contributed by atoms with van der Waals surface area (Å²) in [6, 6.07) is 9.84. The third-order valence-corrected chi connectivity index (χ3v) is 3.85. The summed E-state index contributed by atoms with van der Waals surface area (Å²) in [5.74, 6) is 0.459. The molecule has 102 valence electrons. The Morgan fingerprint density at radius 3 is 2.95 bits per heavy atom. The van der Waals surface area contributed by atoms with E-state index in [-0.39, 0.29) is 6.10 Å². The van der Waals surface area contributed by atoms with Gasteiger partial charge in [0.15, 0.2) is 0 Å². The van der Waals surface area contributed by atoms with Gasteiger partial charge in [0.25, 0.3) is 0 Å². The number of aromatic nitrogens is 1. The predicted octanol–water partition coefficient (Wildman–Crippen LogP) is 2.31. The third kappa shape index (κ3) is 2.21. The minimum atomic E-state index is -0.291. The molecule has 1 aromatic carbocycles. The monoisotopic (exact) mass is 267 g/mol. The summed E-state index contributed by atoms with van der Waals surface area (Å²) in [6.45, 7) is 3.71. The second kappa shape index (κ2) is 5.10. The molecule has 1 saturated heterocycles. The maximum Gasteiger partial charge on any atom is 0.101 e. The van der Waals surface area contributed by atoms with Crippen molar-refractivity contribution < 1.29 is 5.11 Å². The summed E-state index contributed by atoms with van der Waals surface area (Å²) in [5, 5.41) is 20.1. The zero-order valence-electron chi connectivity index (χ0n) is 11.5. The van der Waals surface area contributed by atoms with Crippen LogP contribution in [0.25, 0.3) is 10.9 Å². The van der Waals surface area contributed by atoms with Crippen molar-refractivity contribution in [3.63, 3.8) is 0 Å². The molecule has 4 nitrogen and oxygen atoms in total. The van der Waals surface area contributed by atoms with Crippen molar-refractivity contribution in [1.82, 2.24) is 4.98 Å². The number of nitriles is 1. The van der Waals surface area contributed by atoms with Crippen LogP contribution in [0.2, 0.25) is 0 Å². The molecule has 0 spiro atoms. The van der Waals surface area contributed by atoms with Crippen LogP contribution in [0.3, 0.4) is 0 Å². The number of nitrogens with zero attached hydrogens (tertiary/aromatic N) is 3. The van der Waals surface area contributed by atoms with Crippen molar-refractivity contribution in [1.29, 1.82) is 5.26 Å². The van der Waals surface area contributed by atoms with Gasteiger partial charge in [0.2, 0.25) is 0 Å². The first-order valence-electron chi connectivity index (χ1n) is 6.90. The summed E-state index contributed by atoms with van der Waals surface area (Å²) in [5.41, 5.74) is 2.38. The van der Waals surface area contributed by atoms with Gasteiger partial charge in [-0.15, -0.1) is 0 Å². The van der Waals surface area contributed by atoms with Gasteiger partial charge >= 0.3 is 0 Å². The number of rotatable bonds is 1. The van der Waals surface area contributed by atoms with Gasteiger partial charge in [-0.05, 0) is 36.6 Å². The summed E-state index contributed by atoms with van der Waals surface area (Å²) in [6.07, 6.45) is 2.27. The number of pyridine rings is 1. The van der Waals surface area contributed by atoms with E-state index in [1.807, 2.05) is 24.3 Å². The molecule has 0 radical (unpaired) electrons. The van der Waals surface area contributed by atoms with Gasteiger partial charge in [-0.2, -0.15) is 5.26 Å². The highest BCUT2D eigenvalue weighted by Crippen LogP contribution is 2.31. The van der Waals surface area contributed by atoms with Crippen LogP contribution in [0.1, 0.15) is 18.9 Å². The molecule has 0 aliphatic carbocycles. The average Bonchev–Trinajstić information content (AvgIpc) is 2.45. The van der Waals surface area contributed by atoms with Crippen molar-refractivity contribution in [2.24, 2.45) is 5.92 Å². The minimum Gasteiger partial charge on any atom is -0.391 e. The van der Waals surface area contributed by atoms with E-state index in [0.717, 1.165) is 29.6 Å². The SMILES string of the molecule is C[C@H]1C[C@@H](O)CN(c2ccc(C#N)c3ncccc23)C1. The van der Waals surface area contributed by atoms with Crippen LogP contribution in [0, 0.1) is 17.2 Å². The van der Waals surface area contributed by atoms with Crippen LogP contribution in [-0.2, 0) is 0 Å². The number of fused-ring (bicyclic) bond motifs is 1. The number of anilines is 1. The van der Waals surface area contributed by atoms with E-state index in [4.69, 9.17) is 0 Å². The first-order valence-corrected chi connectivity index (χ1v) is 6.90. The quantitative estimate of drug-likeness (QED) is 0.861. The van der Waals surface area contributed by atoms with Crippen molar-refractivity contribution in [3.8, 4) is 6.07 Å². The van der Waals surface area contributed by atoms with Crippen LogP contribution in [0.4, 0.5) is 5.69 Å². The second-order valence-electron chi connectivity index (χ2n) is 5.54. The molecule has 0 unspecified atom stereocenters. The topological polar surface area (TPSA) is 60.1 Å². The zero-order valence-corrected chi connectivity index (χ0v) is 11.5. The number of β-amino-alcohol motifs (C(OH)–C–C–N with tert-alkyl or cyclic N) is 1. The number of aliphatic hydroxyl groups excluding tert-OH is 1. The molecule has 0 saturated carbocycles. The summed E-state index contributed by atoms with van der Waals surface area (Å²) < 4.78 is 0. The van der Waals surface area contributed by atoms with E-state index in [1.54, 1.807) is 6.20 Å². The lowest BCUT2D eigenvalue weighted by Gasteiger charge is -2.36. The maximum absolute atomic E-state index is 9.97. The van der Waals surface area contributed by atoms with Gasteiger partial charge in [-0.3, -0.25) is 4.98 Å². The molecule has 2 aromatic rings. The molecule has 1 aromatic heterocycles. The lowest BCUT2D eigenvalue weighted by Crippen LogP contribution is -2.42. The highest BCUT2D eigenvalue weighted by molar-refractivity contribution is 5.95. The van der Waals surface area contributed by atoms with Gasteiger partial charge in [-0.25, -0.2) is 0 Å². The molecule has 1 aliphatic rings. The fraction of sp³-hybridized carbons (Fsp3) is 0.375. The Bertz CT molecular complexity index is 667. The number of hydrogen-bond acceptors (Lipinski definition) is 4. The van der Waals surface area contributed by atoms with Gasteiger partial charge in [0, 0.05) is 30.4 Å². The fourth-order valence-corrected chi connectivity index (χ4v) is 3.04. The molecular formula is C16H17N3O. The maximum atomic E-state index is 9.97. The molecule has 0 bridgehead atoms. The molecule has 1 fully saturated rings. The van der Waals surface area contributed by atoms with Crippen molar-refractivity contribution in [3.05, 3.63) is 36.0 Å². The lowest BCUT2D eigenvalue weighted by atomic mass is 9.96. The number of piperidine rings is 1.